The van der Waals surface area contributed by atoms with Crippen molar-refractivity contribution in [1.82, 2.24) is 29.5 Å². The normalized spacial score (nSPS) is 11.2. The Labute approximate surface area is 139 Å². The average Bonchev–Trinajstić information content (AvgIpc) is 3.25. The molecule has 24 heavy (non-hydrogen) atoms. The number of benzene rings is 1. The number of aromatic nitrogens is 6. The van der Waals surface area contributed by atoms with Crippen molar-refractivity contribution >= 4 is 5.65 Å². The molecule has 0 amide bonds. The number of H-pyrrole nitrogens is 1. The lowest BCUT2D eigenvalue weighted by atomic mass is 10.2. The van der Waals surface area contributed by atoms with Gasteiger partial charge in [0.1, 0.15) is 5.82 Å². The molecule has 6 heteroatoms. The molecule has 0 saturated heterocycles. The van der Waals surface area contributed by atoms with E-state index in [9.17, 15) is 0 Å². The van der Waals surface area contributed by atoms with Gasteiger partial charge in [0.05, 0.1) is 11.4 Å². The van der Waals surface area contributed by atoms with Crippen LogP contribution in [0.15, 0.2) is 42.7 Å². The zero-order valence-electron chi connectivity index (χ0n) is 13.7. The van der Waals surface area contributed by atoms with Crippen molar-refractivity contribution in [1.29, 1.82) is 0 Å². The Hall–Kier alpha value is -3.02. The molecule has 0 spiro atoms. The SMILES string of the molecule is Cc1ncc(C)n2nc(CCc3cnc(-c4ccccc4)[nH]3)nc12. The van der Waals surface area contributed by atoms with Gasteiger partial charge in [-0.05, 0) is 20.3 Å². The Morgan fingerprint density at radius 3 is 2.62 bits per heavy atom. The lowest BCUT2D eigenvalue weighted by Gasteiger charge is -1.97. The molecule has 3 heterocycles. The number of imidazole rings is 1. The van der Waals surface area contributed by atoms with Crippen LogP contribution in [0, 0.1) is 13.8 Å². The van der Waals surface area contributed by atoms with E-state index < -0.39 is 0 Å². The van der Waals surface area contributed by atoms with Crippen LogP contribution < -0.4 is 0 Å². The molecule has 0 unspecified atom stereocenters. The largest absolute Gasteiger partial charge is 0.342 e. The predicted octanol–water partition coefficient (Wildman–Crippen LogP) is 2.92. The van der Waals surface area contributed by atoms with E-state index in [-0.39, 0.29) is 0 Å². The van der Waals surface area contributed by atoms with Gasteiger partial charge in [-0.3, -0.25) is 4.98 Å². The fourth-order valence-electron chi connectivity index (χ4n) is 2.72. The summed E-state index contributed by atoms with van der Waals surface area (Å²) in [7, 11) is 0. The van der Waals surface area contributed by atoms with Crippen LogP contribution in [0.4, 0.5) is 0 Å². The van der Waals surface area contributed by atoms with Crippen molar-refractivity contribution in [2.75, 3.05) is 0 Å². The minimum atomic E-state index is 0.761. The molecule has 0 aliphatic carbocycles. The summed E-state index contributed by atoms with van der Waals surface area (Å²) in [6.45, 7) is 3.94. The van der Waals surface area contributed by atoms with Gasteiger partial charge in [-0.2, -0.15) is 5.10 Å². The number of fused-ring (bicyclic) bond motifs is 1. The fourth-order valence-corrected chi connectivity index (χ4v) is 2.72. The second-order valence-corrected chi connectivity index (χ2v) is 5.87. The maximum Gasteiger partial charge on any atom is 0.177 e. The van der Waals surface area contributed by atoms with E-state index in [0.29, 0.717) is 0 Å². The van der Waals surface area contributed by atoms with Crippen LogP contribution in [-0.4, -0.2) is 29.5 Å². The highest BCUT2D eigenvalue weighted by Gasteiger charge is 2.10. The summed E-state index contributed by atoms with van der Waals surface area (Å²) in [5.41, 5.74) is 4.89. The molecule has 0 atom stereocenters. The molecule has 0 radical (unpaired) electrons. The topological polar surface area (TPSA) is 71.8 Å². The Morgan fingerprint density at radius 1 is 1.00 bits per heavy atom. The Morgan fingerprint density at radius 2 is 1.83 bits per heavy atom. The van der Waals surface area contributed by atoms with Gasteiger partial charge in [0.15, 0.2) is 11.5 Å². The van der Waals surface area contributed by atoms with E-state index in [1.807, 2.05) is 61.1 Å². The minimum absolute atomic E-state index is 0.761. The van der Waals surface area contributed by atoms with Crippen molar-refractivity contribution in [2.45, 2.75) is 26.7 Å². The highest BCUT2D eigenvalue weighted by molar-refractivity contribution is 5.54. The van der Waals surface area contributed by atoms with Crippen molar-refractivity contribution in [3.63, 3.8) is 0 Å². The van der Waals surface area contributed by atoms with Gasteiger partial charge in [-0.15, -0.1) is 0 Å². The van der Waals surface area contributed by atoms with Gasteiger partial charge in [0.25, 0.3) is 0 Å². The minimum Gasteiger partial charge on any atom is -0.342 e. The first-order chi connectivity index (χ1) is 11.7. The third-order valence-corrected chi connectivity index (χ3v) is 4.05. The molecular formula is C18H18N6. The van der Waals surface area contributed by atoms with Crippen LogP contribution in [0.25, 0.3) is 17.0 Å². The lowest BCUT2D eigenvalue weighted by Crippen LogP contribution is -1.98. The summed E-state index contributed by atoms with van der Waals surface area (Å²) in [6.07, 6.45) is 5.29. The predicted molar refractivity (Wildman–Crippen MR) is 91.7 cm³/mol. The summed E-state index contributed by atoms with van der Waals surface area (Å²) < 4.78 is 1.86. The summed E-state index contributed by atoms with van der Waals surface area (Å²) in [5, 5.41) is 4.58. The van der Waals surface area contributed by atoms with E-state index in [1.165, 1.54) is 0 Å². The zero-order chi connectivity index (χ0) is 16.5. The number of nitrogens with zero attached hydrogens (tertiary/aromatic N) is 5. The van der Waals surface area contributed by atoms with E-state index in [1.54, 1.807) is 0 Å². The van der Waals surface area contributed by atoms with Crippen LogP contribution in [0.3, 0.4) is 0 Å². The Balaban J connectivity index is 1.52. The van der Waals surface area contributed by atoms with E-state index in [4.69, 9.17) is 0 Å². The number of hydrogen-bond acceptors (Lipinski definition) is 4. The molecule has 4 aromatic rings. The van der Waals surface area contributed by atoms with Crippen molar-refractivity contribution in [3.05, 3.63) is 65.6 Å². The fraction of sp³-hybridized carbons (Fsp3) is 0.222. The maximum absolute atomic E-state index is 4.61. The first-order valence-corrected chi connectivity index (χ1v) is 7.98. The number of aromatic amines is 1. The van der Waals surface area contributed by atoms with Crippen LogP contribution in [0.5, 0.6) is 0 Å². The van der Waals surface area contributed by atoms with Crippen LogP contribution in [0.1, 0.15) is 22.9 Å². The molecule has 0 saturated carbocycles. The lowest BCUT2D eigenvalue weighted by molar-refractivity contribution is 0.809. The first-order valence-electron chi connectivity index (χ1n) is 7.98. The molecule has 4 rings (SSSR count). The van der Waals surface area contributed by atoms with Crippen LogP contribution >= 0.6 is 0 Å². The first kappa shape index (κ1) is 14.6. The Kier molecular flexibility index (Phi) is 3.57. The summed E-state index contributed by atoms with van der Waals surface area (Å²) in [5.74, 6) is 1.72. The maximum atomic E-state index is 4.61. The van der Waals surface area contributed by atoms with Gasteiger partial charge in [0, 0.05) is 30.1 Å². The van der Waals surface area contributed by atoms with Crippen LogP contribution in [-0.2, 0) is 12.8 Å². The smallest absolute Gasteiger partial charge is 0.177 e. The zero-order valence-corrected chi connectivity index (χ0v) is 13.7. The number of rotatable bonds is 4. The van der Waals surface area contributed by atoms with Crippen molar-refractivity contribution in [3.8, 4) is 11.4 Å². The van der Waals surface area contributed by atoms with E-state index in [2.05, 4.69) is 25.0 Å². The second kappa shape index (κ2) is 5.88. The molecule has 6 nitrogen and oxygen atoms in total. The van der Waals surface area contributed by atoms with Crippen molar-refractivity contribution in [2.24, 2.45) is 0 Å². The highest BCUT2D eigenvalue weighted by Crippen LogP contribution is 2.16. The van der Waals surface area contributed by atoms with E-state index in [0.717, 1.165) is 52.8 Å². The molecule has 120 valence electrons. The number of nitrogens with one attached hydrogen (secondary N) is 1. The average molecular weight is 318 g/mol. The molecule has 0 aliphatic heterocycles. The number of aryl methyl sites for hydroxylation is 4. The quantitative estimate of drug-likeness (QED) is 0.628. The van der Waals surface area contributed by atoms with Crippen LogP contribution in [0.2, 0.25) is 0 Å². The molecule has 0 bridgehead atoms. The van der Waals surface area contributed by atoms with Gasteiger partial charge >= 0.3 is 0 Å². The van der Waals surface area contributed by atoms with E-state index >= 15 is 0 Å². The van der Waals surface area contributed by atoms with Gasteiger partial charge in [-0.25, -0.2) is 14.5 Å². The molecule has 0 fully saturated rings. The Bertz CT molecular complexity index is 944. The van der Waals surface area contributed by atoms with Crippen molar-refractivity contribution < 1.29 is 0 Å². The van der Waals surface area contributed by atoms with Gasteiger partial charge in [0.2, 0.25) is 0 Å². The third kappa shape index (κ3) is 2.67. The monoisotopic (exact) mass is 318 g/mol. The standard InChI is InChI=1S/C18H18N6/c1-12-10-19-13(2)18-22-16(23-24(12)18)9-8-15-11-20-17(21-15)14-6-4-3-5-7-14/h3-7,10-11H,8-9H2,1-2H3,(H,20,21). The highest BCUT2D eigenvalue weighted by atomic mass is 15.3. The summed E-state index contributed by atoms with van der Waals surface area (Å²) in [4.78, 5) is 16.8. The molecule has 3 aromatic heterocycles. The summed E-state index contributed by atoms with van der Waals surface area (Å²) >= 11 is 0. The third-order valence-electron chi connectivity index (χ3n) is 4.05. The molecular weight excluding hydrogens is 300 g/mol. The molecule has 1 N–H and O–H groups in total. The molecule has 1 aromatic carbocycles. The van der Waals surface area contributed by atoms with Gasteiger partial charge < -0.3 is 4.98 Å². The second-order valence-electron chi connectivity index (χ2n) is 5.87. The summed E-state index contributed by atoms with van der Waals surface area (Å²) in [6, 6.07) is 10.1. The number of hydrogen-bond donors (Lipinski definition) is 1. The van der Waals surface area contributed by atoms with Gasteiger partial charge in [-0.1, -0.05) is 30.3 Å². The molecule has 0 aliphatic rings.